The topological polar surface area (TPSA) is 29.1 Å². The van der Waals surface area contributed by atoms with Crippen molar-refractivity contribution in [1.82, 2.24) is 5.32 Å². The van der Waals surface area contributed by atoms with Crippen molar-refractivity contribution in [2.24, 2.45) is 5.92 Å². The second kappa shape index (κ2) is 6.38. The van der Waals surface area contributed by atoms with Gasteiger partial charge in [0.1, 0.15) is 0 Å². The summed E-state index contributed by atoms with van der Waals surface area (Å²) in [7, 11) is 0. The summed E-state index contributed by atoms with van der Waals surface area (Å²) in [6.45, 7) is 1.84. The molecule has 2 unspecified atom stereocenters. The molecule has 0 radical (unpaired) electrons. The van der Waals surface area contributed by atoms with E-state index in [-0.39, 0.29) is 6.42 Å². The summed E-state index contributed by atoms with van der Waals surface area (Å²) >= 11 is 3.27. The van der Waals surface area contributed by atoms with Gasteiger partial charge in [0.15, 0.2) is 0 Å². The van der Waals surface area contributed by atoms with Gasteiger partial charge in [0, 0.05) is 10.5 Å². The Morgan fingerprint density at radius 1 is 1.29 bits per heavy atom. The van der Waals surface area contributed by atoms with Gasteiger partial charge in [-0.15, -0.1) is 0 Å². The predicted molar refractivity (Wildman–Crippen MR) is 78.1 cm³/mol. The number of nitrogens with one attached hydrogen (secondary N) is 1. The van der Waals surface area contributed by atoms with E-state index < -0.39 is 24.0 Å². The molecule has 0 saturated heterocycles. The number of carbonyl (C=O) groups excluding carboxylic acids is 1. The smallest absolute Gasteiger partial charge is 0.349 e. The van der Waals surface area contributed by atoms with E-state index >= 15 is 0 Å². The monoisotopic (exact) mass is 363 g/mol. The number of hydrogen-bond donors (Lipinski definition) is 1. The van der Waals surface area contributed by atoms with Crippen LogP contribution in [0, 0.1) is 12.8 Å². The summed E-state index contributed by atoms with van der Waals surface area (Å²) in [5.74, 6) is -1.90. The lowest BCUT2D eigenvalue weighted by molar-refractivity contribution is -0.187. The van der Waals surface area contributed by atoms with Crippen LogP contribution in [0.2, 0.25) is 0 Å². The number of amides is 1. The third kappa shape index (κ3) is 3.99. The number of benzene rings is 1. The summed E-state index contributed by atoms with van der Waals surface area (Å²) in [5, 5.41) is 2.57. The average Bonchev–Trinajstić information content (AvgIpc) is 2.41. The third-order valence-corrected chi connectivity index (χ3v) is 4.56. The predicted octanol–water partition coefficient (Wildman–Crippen LogP) is 4.61. The standard InChI is InChI=1S/C15H17BrF3NO/c1-9-6-7-12(16)10(8-9)14(21)20-13-5-3-2-4-11(13)15(17,18)19/h6-8,11,13H,2-5H2,1H3,(H,20,21). The van der Waals surface area contributed by atoms with Crippen LogP contribution in [0.3, 0.4) is 0 Å². The minimum Gasteiger partial charge on any atom is -0.349 e. The fourth-order valence-electron chi connectivity index (χ4n) is 2.75. The summed E-state index contributed by atoms with van der Waals surface area (Å²) < 4.78 is 39.7. The molecule has 0 aliphatic heterocycles. The summed E-state index contributed by atoms with van der Waals surface area (Å²) in [4.78, 5) is 12.3. The summed E-state index contributed by atoms with van der Waals surface area (Å²) in [6.07, 6.45) is -2.53. The van der Waals surface area contributed by atoms with Gasteiger partial charge in [0.05, 0.1) is 11.5 Å². The molecule has 116 valence electrons. The van der Waals surface area contributed by atoms with Crippen LogP contribution in [0.15, 0.2) is 22.7 Å². The van der Waals surface area contributed by atoms with E-state index in [2.05, 4.69) is 21.2 Å². The molecule has 0 heterocycles. The van der Waals surface area contributed by atoms with Gasteiger partial charge in [0.25, 0.3) is 5.91 Å². The molecule has 1 aliphatic carbocycles. The molecular weight excluding hydrogens is 347 g/mol. The molecule has 0 spiro atoms. The number of carbonyl (C=O) groups is 1. The van der Waals surface area contributed by atoms with E-state index in [0.29, 0.717) is 29.3 Å². The van der Waals surface area contributed by atoms with Crippen molar-refractivity contribution in [3.8, 4) is 0 Å². The molecule has 1 aromatic carbocycles. The highest BCUT2D eigenvalue weighted by atomic mass is 79.9. The number of hydrogen-bond acceptors (Lipinski definition) is 1. The van der Waals surface area contributed by atoms with E-state index in [4.69, 9.17) is 0 Å². The lowest BCUT2D eigenvalue weighted by Gasteiger charge is -2.33. The van der Waals surface area contributed by atoms with E-state index in [9.17, 15) is 18.0 Å². The Labute approximate surface area is 130 Å². The van der Waals surface area contributed by atoms with Crippen LogP contribution >= 0.6 is 15.9 Å². The van der Waals surface area contributed by atoms with Gasteiger partial charge in [-0.1, -0.05) is 24.5 Å². The molecule has 2 atom stereocenters. The van der Waals surface area contributed by atoms with Gasteiger partial charge in [-0.2, -0.15) is 13.2 Å². The minimum atomic E-state index is -4.26. The fraction of sp³-hybridized carbons (Fsp3) is 0.533. The normalized spacial score (nSPS) is 22.9. The fourth-order valence-corrected chi connectivity index (χ4v) is 3.18. The van der Waals surface area contributed by atoms with Crippen LogP contribution in [0.5, 0.6) is 0 Å². The molecule has 1 amide bonds. The number of aryl methyl sites for hydroxylation is 1. The van der Waals surface area contributed by atoms with Crippen LogP contribution < -0.4 is 5.32 Å². The van der Waals surface area contributed by atoms with Crippen molar-refractivity contribution < 1.29 is 18.0 Å². The Balaban J connectivity index is 2.15. The zero-order valence-electron chi connectivity index (χ0n) is 11.6. The van der Waals surface area contributed by atoms with E-state index in [1.54, 1.807) is 12.1 Å². The highest BCUT2D eigenvalue weighted by molar-refractivity contribution is 9.10. The molecule has 2 rings (SSSR count). The third-order valence-electron chi connectivity index (χ3n) is 3.87. The summed E-state index contributed by atoms with van der Waals surface area (Å²) in [5.41, 5.74) is 1.26. The van der Waals surface area contributed by atoms with Crippen LogP contribution in [-0.2, 0) is 0 Å². The van der Waals surface area contributed by atoms with Crippen molar-refractivity contribution in [3.63, 3.8) is 0 Å². The lowest BCUT2D eigenvalue weighted by Crippen LogP contribution is -2.47. The minimum absolute atomic E-state index is 0.0867. The van der Waals surface area contributed by atoms with Crippen LogP contribution in [0.4, 0.5) is 13.2 Å². The largest absolute Gasteiger partial charge is 0.393 e. The highest BCUT2D eigenvalue weighted by Gasteiger charge is 2.46. The van der Waals surface area contributed by atoms with E-state index in [1.165, 1.54) is 0 Å². The Bertz CT molecular complexity index is 530. The first-order chi connectivity index (χ1) is 9.79. The highest BCUT2D eigenvalue weighted by Crippen LogP contribution is 2.37. The molecule has 0 aromatic heterocycles. The van der Waals surface area contributed by atoms with Gasteiger partial charge in [0.2, 0.25) is 0 Å². The Morgan fingerprint density at radius 3 is 2.62 bits per heavy atom. The lowest BCUT2D eigenvalue weighted by atomic mass is 9.84. The van der Waals surface area contributed by atoms with Crippen molar-refractivity contribution in [1.29, 1.82) is 0 Å². The maximum absolute atomic E-state index is 13.0. The Hall–Kier alpha value is -1.04. The molecule has 1 N–H and O–H groups in total. The van der Waals surface area contributed by atoms with Crippen molar-refractivity contribution in [2.75, 3.05) is 0 Å². The van der Waals surface area contributed by atoms with Crippen LogP contribution in [0.25, 0.3) is 0 Å². The van der Waals surface area contributed by atoms with Gasteiger partial charge in [-0.3, -0.25) is 4.79 Å². The maximum Gasteiger partial charge on any atom is 0.393 e. The zero-order chi connectivity index (χ0) is 15.6. The van der Waals surface area contributed by atoms with Crippen molar-refractivity contribution >= 4 is 21.8 Å². The van der Waals surface area contributed by atoms with Gasteiger partial charge < -0.3 is 5.32 Å². The quantitative estimate of drug-likeness (QED) is 0.816. The zero-order valence-corrected chi connectivity index (χ0v) is 13.2. The average molecular weight is 364 g/mol. The first-order valence-electron chi connectivity index (χ1n) is 6.93. The Morgan fingerprint density at radius 2 is 1.95 bits per heavy atom. The van der Waals surface area contributed by atoms with Crippen LogP contribution in [-0.4, -0.2) is 18.1 Å². The maximum atomic E-state index is 13.0. The molecule has 1 fully saturated rings. The van der Waals surface area contributed by atoms with Gasteiger partial charge >= 0.3 is 6.18 Å². The van der Waals surface area contributed by atoms with Crippen molar-refractivity contribution in [2.45, 2.75) is 44.8 Å². The van der Waals surface area contributed by atoms with Gasteiger partial charge in [-0.25, -0.2) is 0 Å². The SMILES string of the molecule is Cc1ccc(Br)c(C(=O)NC2CCCCC2C(F)(F)F)c1. The first-order valence-corrected chi connectivity index (χ1v) is 7.72. The molecular formula is C15H17BrF3NO. The second-order valence-electron chi connectivity index (χ2n) is 5.50. The molecule has 21 heavy (non-hydrogen) atoms. The number of alkyl halides is 3. The molecule has 1 aromatic rings. The van der Waals surface area contributed by atoms with Crippen molar-refractivity contribution in [3.05, 3.63) is 33.8 Å². The molecule has 0 bridgehead atoms. The number of rotatable bonds is 2. The second-order valence-corrected chi connectivity index (χ2v) is 6.35. The first kappa shape index (κ1) is 16.3. The number of halogens is 4. The molecule has 1 aliphatic rings. The van der Waals surface area contributed by atoms with Gasteiger partial charge in [-0.05, 0) is 47.8 Å². The van der Waals surface area contributed by atoms with E-state index in [0.717, 1.165) is 5.56 Å². The molecule has 1 saturated carbocycles. The summed E-state index contributed by atoms with van der Waals surface area (Å²) in [6, 6.07) is 4.40. The van der Waals surface area contributed by atoms with Crippen LogP contribution in [0.1, 0.15) is 41.6 Å². The molecule has 6 heteroatoms. The molecule has 2 nitrogen and oxygen atoms in total. The van der Waals surface area contributed by atoms with E-state index in [1.807, 2.05) is 13.0 Å². The Kier molecular flexibility index (Phi) is 4.96.